The molecule has 1 aliphatic rings. The largest absolute Gasteiger partial charge is 0.341 e. The zero-order chi connectivity index (χ0) is 18.5. The molecular weight excluding hydrogens is 371 g/mol. The Kier molecular flexibility index (Phi) is 6.57. The molecule has 6 heteroatoms. The Morgan fingerprint density at radius 2 is 1.92 bits per heavy atom. The SMILES string of the molecule is CNC1CCN(C(=O)C(Sc2ccc(F)c(Cl)c2)c2ccccc2)CC1. The number of hydrogen-bond donors (Lipinski definition) is 1. The van der Waals surface area contributed by atoms with E-state index in [2.05, 4.69) is 5.32 Å². The summed E-state index contributed by atoms with van der Waals surface area (Å²) in [6.07, 6.45) is 1.91. The van der Waals surface area contributed by atoms with Gasteiger partial charge in [0.05, 0.1) is 5.02 Å². The van der Waals surface area contributed by atoms with Gasteiger partial charge in [0.2, 0.25) is 5.91 Å². The van der Waals surface area contributed by atoms with Crippen molar-refractivity contribution < 1.29 is 9.18 Å². The lowest BCUT2D eigenvalue weighted by molar-refractivity contribution is -0.131. The van der Waals surface area contributed by atoms with Crippen LogP contribution in [0.4, 0.5) is 4.39 Å². The predicted octanol–water partition coefficient (Wildman–Crippen LogP) is 4.52. The number of thioether (sulfide) groups is 1. The molecule has 1 fully saturated rings. The summed E-state index contributed by atoms with van der Waals surface area (Å²) in [7, 11) is 1.96. The van der Waals surface area contributed by atoms with Gasteiger partial charge < -0.3 is 10.2 Å². The van der Waals surface area contributed by atoms with Crippen LogP contribution >= 0.6 is 23.4 Å². The number of amides is 1. The van der Waals surface area contributed by atoms with Crippen molar-refractivity contribution in [3.8, 4) is 0 Å². The molecule has 1 heterocycles. The van der Waals surface area contributed by atoms with Crippen LogP contribution in [0.3, 0.4) is 0 Å². The van der Waals surface area contributed by atoms with Crippen molar-refractivity contribution >= 4 is 29.3 Å². The van der Waals surface area contributed by atoms with Gasteiger partial charge in [0.15, 0.2) is 0 Å². The van der Waals surface area contributed by atoms with Crippen molar-refractivity contribution in [3.63, 3.8) is 0 Å². The number of nitrogens with one attached hydrogen (secondary N) is 1. The Balaban J connectivity index is 1.81. The fraction of sp³-hybridized carbons (Fsp3) is 0.350. The molecule has 3 nitrogen and oxygen atoms in total. The lowest BCUT2D eigenvalue weighted by atomic mass is 10.0. The molecule has 0 radical (unpaired) electrons. The average Bonchev–Trinajstić information content (AvgIpc) is 2.69. The zero-order valence-electron chi connectivity index (χ0n) is 14.6. The maximum absolute atomic E-state index is 13.5. The van der Waals surface area contributed by atoms with E-state index in [0.717, 1.165) is 36.4 Å². The summed E-state index contributed by atoms with van der Waals surface area (Å²) in [6, 6.07) is 14.8. The Morgan fingerprint density at radius 1 is 1.23 bits per heavy atom. The second kappa shape index (κ2) is 8.89. The third-order valence-corrected chi connectivity index (χ3v) is 6.21. The Labute approximate surface area is 162 Å². The summed E-state index contributed by atoms with van der Waals surface area (Å²) in [4.78, 5) is 15.9. The van der Waals surface area contributed by atoms with Gasteiger partial charge in [-0.3, -0.25) is 4.79 Å². The molecule has 0 bridgehead atoms. The van der Waals surface area contributed by atoms with Crippen molar-refractivity contribution in [2.75, 3.05) is 20.1 Å². The van der Waals surface area contributed by atoms with Crippen LogP contribution in [0.25, 0.3) is 0 Å². The van der Waals surface area contributed by atoms with Crippen molar-refractivity contribution in [2.24, 2.45) is 0 Å². The van der Waals surface area contributed by atoms with E-state index in [1.54, 1.807) is 12.1 Å². The van der Waals surface area contributed by atoms with E-state index >= 15 is 0 Å². The molecule has 0 saturated carbocycles. The Morgan fingerprint density at radius 3 is 2.54 bits per heavy atom. The second-order valence-corrected chi connectivity index (χ2v) is 7.96. The first-order valence-electron chi connectivity index (χ1n) is 8.71. The summed E-state index contributed by atoms with van der Waals surface area (Å²) >= 11 is 7.33. The van der Waals surface area contributed by atoms with Crippen LogP contribution in [0.2, 0.25) is 5.02 Å². The first kappa shape index (κ1) is 19.2. The second-order valence-electron chi connectivity index (χ2n) is 6.37. The number of likely N-dealkylation sites (tertiary alicyclic amines) is 1. The van der Waals surface area contributed by atoms with Crippen LogP contribution in [0.5, 0.6) is 0 Å². The highest BCUT2D eigenvalue weighted by molar-refractivity contribution is 8.00. The van der Waals surface area contributed by atoms with Crippen LogP contribution in [0, 0.1) is 5.82 Å². The minimum atomic E-state index is -0.451. The van der Waals surface area contributed by atoms with E-state index in [9.17, 15) is 9.18 Å². The molecule has 1 amide bonds. The predicted molar refractivity (Wildman–Crippen MR) is 105 cm³/mol. The number of halogens is 2. The number of hydrogen-bond acceptors (Lipinski definition) is 3. The molecule has 0 aromatic heterocycles. The normalized spacial score (nSPS) is 16.5. The van der Waals surface area contributed by atoms with Crippen molar-refractivity contribution in [1.29, 1.82) is 0 Å². The molecule has 3 rings (SSSR count). The number of nitrogens with zero attached hydrogens (tertiary/aromatic N) is 1. The van der Waals surface area contributed by atoms with Gasteiger partial charge >= 0.3 is 0 Å². The van der Waals surface area contributed by atoms with E-state index in [-0.39, 0.29) is 16.2 Å². The van der Waals surface area contributed by atoms with Crippen molar-refractivity contribution in [3.05, 3.63) is 64.9 Å². The fourth-order valence-corrected chi connectivity index (χ4v) is 4.52. The Bertz CT molecular complexity index is 751. The molecule has 1 aliphatic heterocycles. The number of carbonyl (C=O) groups is 1. The topological polar surface area (TPSA) is 32.3 Å². The van der Waals surface area contributed by atoms with Gasteiger partial charge in [0, 0.05) is 24.0 Å². The van der Waals surface area contributed by atoms with Crippen LogP contribution in [0.15, 0.2) is 53.4 Å². The van der Waals surface area contributed by atoms with Gasteiger partial charge in [-0.15, -0.1) is 11.8 Å². The minimum Gasteiger partial charge on any atom is -0.341 e. The molecule has 1 unspecified atom stereocenters. The molecule has 1 atom stereocenters. The first-order valence-corrected chi connectivity index (χ1v) is 9.97. The Hall–Kier alpha value is -1.56. The highest BCUT2D eigenvalue weighted by atomic mass is 35.5. The van der Waals surface area contributed by atoms with Crippen LogP contribution in [-0.2, 0) is 4.79 Å². The van der Waals surface area contributed by atoms with Crippen LogP contribution in [0.1, 0.15) is 23.7 Å². The molecule has 1 N–H and O–H groups in total. The summed E-state index contributed by atoms with van der Waals surface area (Å²) in [5, 5.41) is 2.98. The van der Waals surface area contributed by atoms with E-state index in [1.807, 2.05) is 42.3 Å². The van der Waals surface area contributed by atoms with E-state index in [4.69, 9.17) is 11.6 Å². The van der Waals surface area contributed by atoms with Gasteiger partial charge in [-0.05, 0) is 43.7 Å². The monoisotopic (exact) mass is 392 g/mol. The van der Waals surface area contributed by atoms with Crippen LogP contribution in [-0.4, -0.2) is 37.0 Å². The van der Waals surface area contributed by atoms with Crippen LogP contribution < -0.4 is 5.32 Å². The zero-order valence-corrected chi connectivity index (χ0v) is 16.2. The molecule has 0 spiro atoms. The number of carbonyl (C=O) groups excluding carboxylic acids is 1. The van der Waals surface area contributed by atoms with Crippen molar-refractivity contribution in [2.45, 2.75) is 29.0 Å². The van der Waals surface area contributed by atoms with E-state index in [0.29, 0.717) is 6.04 Å². The average molecular weight is 393 g/mol. The van der Waals surface area contributed by atoms with Gasteiger partial charge in [-0.1, -0.05) is 41.9 Å². The molecule has 138 valence electrons. The highest BCUT2D eigenvalue weighted by Crippen LogP contribution is 2.38. The molecule has 2 aromatic rings. The standard InChI is InChI=1S/C20H22ClFN2OS/c1-23-15-9-11-24(12-10-15)20(25)19(14-5-3-2-4-6-14)26-16-7-8-18(22)17(21)13-16/h2-8,13,15,19,23H,9-12H2,1H3. The maximum Gasteiger partial charge on any atom is 0.240 e. The number of benzene rings is 2. The van der Waals surface area contributed by atoms with Gasteiger partial charge in [0.25, 0.3) is 0 Å². The van der Waals surface area contributed by atoms with Gasteiger partial charge in [-0.25, -0.2) is 4.39 Å². The minimum absolute atomic E-state index is 0.0732. The summed E-state index contributed by atoms with van der Waals surface area (Å²) in [5.74, 6) is -0.357. The number of rotatable bonds is 5. The summed E-state index contributed by atoms with van der Waals surface area (Å²) in [5.41, 5.74) is 0.943. The lowest BCUT2D eigenvalue weighted by Crippen LogP contribution is -2.45. The third-order valence-electron chi connectivity index (χ3n) is 4.69. The summed E-state index contributed by atoms with van der Waals surface area (Å²) in [6.45, 7) is 1.50. The van der Waals surface area contributed by atoms with Gasteiger partial charge in [0.1, 0.15) is 11.1 Å². The first-order chi connectivity index (χ1) is 12.6. The smallest absolute Gasteiger partial charge is 0.240 e. The highest BCUT2D eigenvalue weighted by Gasteiger charge is 2.29. The molecule has 1 saturated heterocycles. The van der Waals surface area contributed by atoms with Gasteiger partial charge in [-0.2, -0.15) is 0 Å². The maximum atomic E-state index is 13.5. The molecule has 2 aromatic carbocycles. The number of piperidine rings is 1. The quantitative estimate of drug-likeness (QED) is 0.759. The van der Waals surface area contributed by atoms with E-state index < -0.39 is 5.82 Å². The molecular formula is C20H22ClFN2OS. The third kappa shape index (κ3) is 4.58. The summed E-state index contributed by atoms with van der Waals surface area (Å²) < 4.78 is 13.5. The van der Waals surface area contributed by atoms with Crippen molar-refractivity contribution in [1.82, 2.24) is 10.2 Å². The van der Waals surface area contributed by atoms with E-state index in [1.165, 1.54) is 17.8 Å². The molecule has 26 heavy (non-hydrogen) atoms. The molecule has 0 aliphatic carbocycles. The lowest BCUT2D eigenvalue weighted by Gasteiger charge is -2.34. The fourth-order valence-electron chi connectivity index (χ4n) is 3.13.